The van der Waals surface area contributed by atoms with Gasteiger partial charge in [-0.3, -0.25) is 19.4 Å². The molecule has 0 bridgehead atoms. The fourth-order valence-corrected chi connectivity index (χ4v) is 6.62. The molecule has 2 aromatic carbocycles. The van der Waals surface area contributed by atoms with Crippen LogP contribution in [0.5, 0.6) is 0 Å². The number of piperidine rings is 1. The van der Waals surface area contributed by atoms with Crippen molar-refractivity contribution in [3.63, 3.8) is 0 Å². The van der Waals surface area contributed by atoms with Crippen LogP contribution in [-0.4, -0.2) is 76.3 Å². The van der Waals surface area contributed by atoms with Crippen LogP contribution in [0.25, 0.3) is 11.3 Å². The van der Waals surface area contributed by atoms with Crippen molar-refractivity contribution in [2.75, 3.05) is 31.2 Å². The van der Waals surface area contributed by atoms with Crippen molar-refractivity contribution in [3.8, 4) is 11.3 Å². The molecule has 9 nitrogen and oxygen atoms in total. The first-order chi connectivity index (χ1) is 21.3. The molecule has 1 aliphatic heterocycles. The maximum Gasteiger partial charge on any atom is 0.410 e. The Morgan fingerprint density at radius 2 is 1.87 bits per heavy atom. The maximum atomic E-state index is 12.9. The number of nitrogens with zero attached hydrogens (tertiary/aromatic N) is 3. The lowest BCUT2D eigenvalue weighted by molar-refractivity contribution is -0.120. The highest BCUT2D eigenvalue weighted by molar-refractivity contribution is 8.01. The number of carbonyl (C=O) groups excluding carboxylic acids is 3. The van der Waals surface area contributed by atoms with Gasteiger partial charge < -0.3 is 15.4 Å². The van der Waals surface area contributed by atoms with Gasteiger partial charge in [0, 0.05) is 49.4 Å². The van der Waals surface area contributed by atoms with Crippen molar-refractivity contribution in [3.05, 3.63) is 63.5 Å². The summed E-state index contributed by atoms with van der Waals surface area (Å²) in [5.41, 5.74) is 2.65. The fraction of sp³-hybridized carbons (Fsp3) is 0.438. The molecule has 0 saturated carbocycles. The molecule has 1 atom stereocenters. The third kappa shape index (κ3) is 10.6. The van der Waals surface area contributed by atoms with Crippen LogP contribution in [0.15, 0.2) is 52.2 Å². The van der Waals surface area contributed by atoms with E-state index in [-0.39, 0.29) is 23.6 Å². The van der Waals surface area contributed by atoms with Crippen LogP contribution in [0.2, 0.25) is 10.0 Å². The number of benzene rings is 2. The van der Waals surface area contributed by atoms with Gasteiger partial charge in [-0.2, -0.15) is 0 Å². The van der Waals surface area contributed by atoms with Crippen molar-refractivity contribution < 1.29 is 19.1 Å². The number of nitrogens with one attached hydrogen (secondary N) is 2. The van der Waals surface area contributed by atoms with Gasteiger partial charge in [0.15, 0.2) is 4.34 Å². The van der Waals surface area contributed by atoms with Gasteiger partial charge in [0.1, 0.15) is 11.6 Å². The number of anilines is 1. The third-order valence-corrected chi connectivity index (χ3v) is 9.98. The normalized spacial score (nSPS) is 14.9. The molecule has 1 saturated heterocycles. The molecule has 242 valence electrons. The van der Waals surface area contributed by atoms with Crippen molar-refractivity contribution in [1.82, 2.24) is 20.1 Å². The molecule has 0 unspecified atom stereocenters. The van der Waals surface area contributed by atoms with E-state index in [0.717, 1.165) is 53.6 Å². The first kappa shape index (κ1) is 35.0. The molecule has 1 aliphatic rings. The summed E-state index contributed by atoms with van der Waals surface area (Å²) in [6.07, 6.45) is 1.21. The van der Waals surface area contributed by atoms with Gasteiger partial charge in [-0.15, -0.1) is 11.3 Å². The van der Waals surface area contributed by atoms with E-state index in [1.807, 2.05) is 41.8 Å². The van der Waals surface area contributed by atoms with E-state index >= 15 is 0 Å². The van der Waals surface area contributed by atoms with E-state index in [9.17, 15) is 14.4 Å². The highest BCUT2D eigenvalue weighted by Crippen LogP contribution is 2.30. The van der Waals surface area contributed by atoms with Gasteiger partial charge in [0.05, 0.1) is 21.5 Å². The number of hydrogen-bond donors (Lipinski definition) is 2. The Kier molecular flexibility index (Phi) is 12.2. The number of likely N-dealkylation sites (N-methyl/N-ethyl adjacent to an activating group) is 1. The summed E-state index contributed by atoms with van der Waals surface area (Å²) in [7, 11) is 1.54. The first-order valence-electron chi connectivity index (χ1n) is 14.7. The van der Waals surface area contributed by atoms with E-state index in [0.29, 0.717) is 15.7 Å². The highest BCUT2D eigenvalue weighted by Gasteiger charge is 2.27. The lowest BCUT2D eigenvalue weighted by Gasteiger charge is -2.32. The Hall–Kier alpha value is -2.83. The number of thiazole rings is 1. The topological polar surface area (TPSA) is 104 Å². The van der Waals surface area contributed by atoms with Gasteiger partial charge in [-0.05, 0) is 70.4 Å². The number of aromatic nitrogens is 1. The molecule has 1 fully saturated rings. The van der Waals surface area contributed by atoms with Crippen molar-refractivity contribution in [2.45, 2.75) is 69.1 Å². The molecule has 3 aromatic rings. The molecule has 2 heterocycles. The standard InChI is InChI=1S/C32H39Cl2N5O4S2/c1-20(38(5)31(42)43-32(2,3)4)29(41)36-24-8-6-7-22(16-24)27-18-44-30(37-27)45-19-28(40)35-23-11-13-39(14-12-23)17-21-9-10-25(33)26(34)15-21/h6-10,15-16,18,20,23H,11-14,17,19H2,1-5H3,(H,35,40)(H,36,41)/t20-/m0/s1. The average Bonchev–Trinajstić information content (AvgIpc) is 3.47. The molecule has 4 rings (SSSR count). The Bertz CT molecular complexity index is 1500. The van der Waals surface area contributed by atoms with E-state index < -0.39 is 17.7 Å². The zero-order valence-corrected chi connectivity index (χ0v) is 29.2. The number of thioether (sulfide) groups is 1. The molecule has 0 radical (unpaired) electrons. The second-order valence-electron chi connectivity index (χ2n) is 12.0. The lowest BCUT2D eigenvalue weighted by Crippen LogP contribution is -2.45. The Morgan fingerprint density at radius 3 is 2.56 bits per heavy atom. The first-order valence-corrected chi connectivity index (χ1v) is 17.3. The molecular weight excluding hydrogens is 653 g/mol. The van der Waals surface area contributed by atoms with Crippen LogP contribution >= 0.6 is 46.3 Å². The predicted molar refractivity (Wildman–Crippen MR) is 183 cm³/mol. The summed E-state index contributed by atoms with van der Waals surface area (Å²) in [6, 6.07) is 12.5. The van der Waals surface area contributed by atoms with Gasteiger partial charge in [-0.25, -0.2) is 9.78 Å². The Labute approximate surface area is 283 Å². The Morgan fingerprint density at radius 1 is 1.13 bits per heavy atom. The maximum absolute atomic E-state index is 12.9. The van der Waals surface area contributed by atoms with Gasteiger partial charge >= 0.3 is 6.09 Å². The minimum atomic E-state index is -0.738. The van der Waals surface area contributed by atoms with Crippen LogP contribution < -0.4 is 10.6 Å². The minimum Gasteiger partial charge on any atom is -0.444 e. The van der Waals surface area contributed by atoms with Crippen molar-refractivity contribution in [1.29, 1.82) is 0 Å². The fourth-order valence-electron chi connectivity index (χ4n) is 4.66. The smallest absolute Gasteiger partial charge is 0.410 e. The lowest BCUT2D eigenvalue weighted by atomic mass is 10.0. The number of hydrogen-bond acceptors (Lipinski definition) is 8. The monoisotopic (exact) mass is 691 g/mol. The number of amides is 3. The third-order valence-electron chi connectivity index (χ3n) is 7.22. The summed E-state index contributed by atoms with van der Waals surface area (Å²) < 4.78 is 6.16. The largest absolute Gasteiger partial charge is 0.444 e. The molecular formula is C32H39Cl2N5O4S2. The quantitative estimate of drug-likeness (QED) is 0.217. The molecule has 45 heavy (non-hydrogen) atoms. The molecule has 3 amide bonds. The summed E-state index contributed by atoms with van der Waals surface area (Å²) >= 11 is 15.1. The van der Waals surface area contributed by atoms with E-state index in [2.05, 4.69) is 15.5 Å². The van der Waals surface area contributed by atoms with Crippen LogP contribution in [0.3, 0.4) is 0 Å². The molecule has 13 heteroatoms. The van der Waals surface area contributed by atoms with Gasteiger partial charge in [0.25, 0.3) is 0 Å². The second-order valence-corrected chi connectivity index (χ2v) is 14.9. The number of carbonyl (C=O) groups is 3. The number of ether oxygens (including phenoxy) is 1. The average molecular weight is 693 g/mol. The van der Waals surface area contributed by atoms with Crippen LogP contribution in [0, 0.1) is 0 Å². The molecule has 0 aliphatic carbocycles. The van der Waals surface area contributed by atoms with Gasteiger partial charge in [0.2, 0.25) is 11.8 Å². The SMILES string of the molecule is C[C@@H](C(=O)Nc1cccc(-c2csc(SCC(=O)NC3CCN(Cc4ccc(Cl)c(Cl)c4)CC3)n2)c1)N(C)C(=O)OC(C)(C)C. The van der Waals surface area contributed by atoms with E-state index in [1.54, 1.807) is 33.8 Å². The van der Waals surface area contributed by atoms with E-state index in [1.165, 1.54) is 35.0 Å². The molecule has 0 spiro atoms. The predicted octanol–water partition coefficient (Wildman–Crippen LogP) is 7.18. The second kappa shape index (κ2) is 15.6. The summed E-state index contributed by atoms with van der Waals surface area (Å²) in [6.45, 7) is 9.57. The number of likely N-dealkylation sites (tertiary alicyclic amines) is 1. The van der Waals surface area contributed by atoms with E-state index in [4.69, 9.17) is 32.9 Å². The van der Waals surface area contributed by atoms with Crippen LogP contribution in [0.4, 0.5) is 10.5 Å². The van der Waals surface area contributed by atoms with Crippen LogP contribution in [0.1, 0.15) is 46.1 Å². The zero-order chi connectivity index (χ0) is 32.7. The van der Waals surface area contributed by atoms with Crippen molar-refractivity contribution >= 4 is 69.9 Å². The van der Waals surface area contributed by atoms with Crippen molar-refractivity contribution in [2.24, 2.45) is 0 Å². The van der Waals surface area contributed by atoms with Gasteiger partial charge in [-0.1, -0.05) is 53.2 Å². The highest BCUT2D eigenvalue weighted by atomic mass is 35.5. The summed E-state index contributed by atoms with van der Waals surface area (Å²) in [4.78, 5) is 46.2. The summed E-state index contributed by atoms with van der Waals surface area (Å²) in [5.74, 6) is -0.0525. The molecule has 1 aromatic heterocycles. The summed E-state index contributed by atoms with van der Waals surface area (Å²) in [5, 5.41) is 9.09. The minimum absolute atomic E-state index is 0.00476. The molecule has 2 N–H and O–H groups in total. The zero-order valence-electron chi connectivity index (χ0n) is 26.1. The van der Waals surface area contributed by atoms with Crippen LogP contribution in [-0.2, 0) is 20.9 Å². The number of rotatable bonds is 10. The number of halogens is 2. The Balaban J connectivity index is 1.22.